The zero-order valence-corrected chi connectivity index (χ0v) is 7.46. The van der Waals surface area contributed by atoms with Crippen molar-refractivity contribution in [3.63, 3.8) is 0 Å². The van der Waals surface area contributed by atoms with Crippen LogP contribution in [0.2, 0.25) is 0 Å². The van der Waals surface area contributed by atoms with Crippen LogP contribution in [0, 0.1) is 0 Å². The molecule has 0 saturated carbocycles. The van der Waals surface area contributed by atoms with E-state index in [4.69, 9.17) is 0 Å². The monoisotopic (exact) mass is 175 g/mol. The molecule has 1 heterocycles. The maximum Gasteiger partial charge on any atom is 0.195 e. The van der Waals surface area contributed by atoms with Crippen LogP contribution in [0.1, 0.15) is 13.8 Å². The first-order valence-electron chi connectivity index (χ1n) is 4.03. The van der Waals surface area contributed by atoms with E-state index < -0.39 is 0 Å². The van der Waals surface area contributed by atoms with Crippen molar-refractivity contribution in [2.45, 2.75) is 13.8 Å². The fourth-order valence-corrected chi connectivity index (χ4v) is 1.49. The number of ketones is 1. The van der Waals surface area contributed by atoms with Gasteiger partial charge in [0.15, 0.2) is 5.78 Å². The molecule has 2 aliphatic rings. The number of nitrogens with zero attached hydrogens (tertiary/aromatic N) is 1. The fraction of sp³-hybridized carbons (Fsp3) is 0.200. The summed E-state index contributed by atoms with van der Waals surface area (Å²) < 4.78 is 0. The van der Waals surface area contributed by atoms with Crippen LogP contribution in [0.15, 0.2) is 39.7 Å². The minimum atomic E-state index is -0.140. The van der Waals surface area contributed by atoms with Gasteiger partial charge in [0, 0.05) is 11.8 Å². The van der Waals surface area contributed by atoms with Gasteiger partial charge in [-0.05, 0) is 25.5 Å². The molecule has 0 saturated heterocycles. The molecule has 3 heteroatoms. The Kier molecular flexibility index (Phi) is 1.49. The molecule has 0 aromatic carbocycles. The van der Waals surface area contributed by atoms with E-state index in [1.165, 1.54) is 6.08 Å². The van der Waals surface area contributed by atoms with Gasteiger partial charge in [-0.2, -0.15) is 0 Å². The van der Waals surface area contributed by atoms with Gasteiger partial charge in [0.2, 0.25) is 0 Å². The van der Waals surface area contributed by atoms with Crippen LogP contribution in [-0.4, -0.2) is 16.6 Å². The van der Waals surface area contributed by atoms with E-state index in [-0.39, 0.29) is 11.5 Å². The van der Waals surface area contributed by atoms with Gasteiger partial charge in [-0.1, -0.05) is 0 Å². The Morgan fingerprint density at radius 3 is 2.38 bits per heavy atom. The molecule has 0 unspecified atom stereocenters. The Hall–Kier alpha value is -1.64. The molecule has 0 bridgehead atoms. The quantitative estimate of drug-likeness (QED) is 0.569. The third-order valence-corrected chi connectivity index (χ3v) is 2.09. The van der Waals surface area contributed by atoms with E-state index >= 15 is 0 Å². The number of carbonyl (C=O) groups excluding carboxylic acids is 1. The smallest absolute Gasteiger partial charge is 0.195 e. The average Bonchev–Trinajstić information content (AvgIpc) is 2.30. The summed E-state index contributed by atoms with van der Waals surface area (Å²) in [7, 11) is 0. The highest BCUT2D eigenvalue weighted by atomic mass is 16.3. The Balaban J connectivity index is 2.55. The average molecular weight is 175 g/mol. The molecular formula is C10H9NO2. The van der Waals surface area contributed by atoms with Crippen molar-refractivity contribution in [1.82, 2.24) is 0 Å². The van der Waals surface area contributed by atoms with E-state index in [0.29, 0.717) is 11.3 Å². The van der Waals surface area contributed by atoms with Crippen LogP contribution < -0.4 is 0 Å². The van der Waals surface area contributed by atoms with Crippen LogP contribution in [0.4, 0.5) is 0 Å². The van der Waals surface area contributed by atoms with E-state index in [1.807, 2.05) is 19.9 Å². The second-order valence-electron chi connectivity index (χ2n) is 3.20. The lowest BCUT2D eigenvalue weighted by molar-refractivity contribution is -0.112. The zero-order valence-electron chi connectivity index (χ0n) is 7.46. The number of aliphatic imine (C=N–C) groups is 1. The van der Waals surface area contributed by atoms with Gasteiger partial charge in [-0.25, -0.2) is 0 Å². The minimum Gasteiger partial charge on any atom is -0.507 e. The minimum absolute atomic E-state index is 0.0474. The lowest BCUT2D eigenvalue weighted by atomic mass is 9.94. The first-order chi connectivity index (χ1) is 6.09. The maximum absolute atomic E-state index is 11.1. The molecule has 0 fully saturated rings. The third kappa shape index (κ3) is 1.04. The number of carbonyl (C=O) groups is 1. The predicted octanol–water partition coefficient (Wildman–Crippen LogP) is 1.69. The van der Waals surface area contributed by atoms with Gasteiger partial charge < -0.3 is 5.11 Å². The predicted molar refractivity (Wildman–Crippen MR) is 49.6 cm³/mol. The molecular weight excluding hydrogens is 166 g/mol. The summed E-state index contributed by atoms with van der Waals surface area (Å²) in [4.78, 5) is 15.3. The fourth-order valence-electron chi connectivity index (χ4n) is 1.49. The van der Waals surface area contributed by atoms with Crippen LogP contribution in [-0.2, 0) is 4.79 Å². The maximum atomic E-state index is 11.1. The molecule has 1 N–H and O–H groups in total. The van der Waals surface area contributed by atoms with Crippen LogP contribution in [0.5, 0.6) is 0 Å². The summed E-state index contributed by atoms with van der Waals surface area (Å²) in [5.74, 6) is -0.0927. The highest BCUT2D eigenvalue weighted by Gasteiger charge is 2.28. The molecule has 3 nitrogen and oxygen atoms in total. The Labute approximate surface area is 75.8 Å². The molecule has 0 aromatic rings. The van der Waals surface area contributed by atoms with E-state index in [9.17, 15) is 9.90 Å². The number of rotatable bonds is 0. The van der Waals surface area contributed by atoms with Crippen LogP contribution in [0.25, 0.3) is 0 Å². The normalized spacial score (nSPS) is 26.6. The van der Waals surface area contributed by atoms with Gasteiger partial charge in [-0.3, -0.25) is 9.79 Å². The summed E-state index contributed by atoms with van der Waals surface area (Å²) in [6.45, 7) is 3.74. The zero-order chi connectivity index (χ0) is 9.59. The van der Waals surface area contributed by atoms with Crippen molar-refractivity contribution in [2.75, 3.05) is 0 Å². The summed E-state index contributed by atoms with van der Waals surface area (Å²) >= 11 is 0. The number of hydrogen-bond donors (Lipinski definition) is 1. The molecule has 2 rings (SSSR count). The second-order valence-corrected chi connectivity index (χ2v) is 3.20. The van der Waals surface area contributed by atoms with Gasteiger partial charge >= 0.3 is 0 Å². The molecule has 0 aromatic heterocycles. The van der Waals surface area contributed by atoms with E-state index in [0.717, 1.165) is 11.3 Å². The van der Waals surface area contributed by atoms with Crippen molar-refractivity contribution >= 4 is 11.5 Å². The van der Waals surface area contributed by atoms with E-state index in [2.05, 4.69) is 4.99 Å². The largest absolute Gasteiger partial charge is 0.507 e. The Morgan fingerprint density at radius 1 is 1.31 bits per heavy atom. The number of aliphatic hydroxyl groups excluding tert-OH is 1. The van der Waals surface area contributed by atoms with Crippen molar-refractivity contribution in [2.24, 2.45) is 4.99 Å². The molecule has 66 valence electrons. The van der Waals surface area contributed by atoms with Crippen molar-refractivity contribution in [1.29, 1.82) is 0 Å². The third-order valence-electron chi connectivity index (χ3n) is 2.09. The second kappa shape index (κ2) is 2.42. The lowest BCUT2D eigenvalue weighted by Crippen LogP contribution is -2.15. The van der Waals surface area contributed by atoms with Crippen molar-refractivity contribution in [3.05, 3.63) is 34.8 Å². The SMILES string of the molecule is CC1=CC(C)=NC1=C1C(=O)C=C1O. The van der Waals surface area contributed by atoms with Crippen LogP contribution >= 0.6 is 0 Å². The molecule has 0 amide bonds. The lowest BCUT2D eigenvalue weighted by Gasteiger charge is -2.13. The van der Waals surface area contributed by atoms with Gasteiger partial charge in [0.1, 0.15) is 5.76 Å². The molecule has 0 radical (unpaired) electrons. The first kappa shape index (κ1) is 7.98. The van der Waals surface area contributed by atoms with Gasteiger partial charge in [0.05, 0.1) is 11.3 Å². The van der Waals surface area contributed by atoms with Gasteiger partial charge in [-0.15, -0.1) is 0 Å². The molecule has 1 aliphatic carbocycles. The van der Waals surface area contributed by atoms with Crippen molar-refractivity contribution in [3.8, 4) is 0 Å². The summed E-state index contributed by atoms with van der Waals surface area (Å²) in [5.41, 5.74) is 2.76. The topological polar surface area (TPSA) is 49.7 Å². The van der Waals surface area contributed by atoms with Gasteiger partial charge in [0.25, 0.3) is 0 Å². The number of hydrogen-bond acceptors (Lipinski definition) is 3. The number of allylic oxidation sites excluding steroid dienone is 4. The summed E-state index contributed by atoms with van der Waals surface area (Å²) in [6.07, 6.45) is 3.10. The highest BCUT2D eigenvalue weighted by molar-refractivity contribution is 6.16. The summed E-state index contributed by atoms with van der Waals surface area (Å²) in [5, 5.41) is 9.23. The molecule has 0 atom stereocenters. The molecule has 1 aliphatic heterocycles. The van der Waals surface area contributed by atoms with Crippen molar-refractivity contribution < 1.29 is 9.90 Å². The van der Waals surface area contributed by atoms with E-state index in [1.54, 1.807) is 0 Å². The summed E-state index contributed by atoms with van der Waals surface area (Å²) in [6, 6.07) is 0. The number of aliphatic hydroxyl groups is 1. The molecule has 0 spiro atoms. The molecule has 13 heavy (non-hydrogen) atoms. The highest BCUT2D eigenvalue weighted by Crippen LogP contribution is 2.30. The standard InChI is InChI=1S/C10H9NO2/c1-5-3-6(2)11-10(5)9-7(12)4-8(9)13/h3-4,12H,1-2H3. The van der Waals surface area contributed by atoms with Crippen LogP contribution in [0.3, 0.4) is 0 Å². The Bertz CT molecular complexity index is 422. The Morgan fingerprint density at radius 2 is 2.00 bits per heavy atom. The first-order valence-corrected chi connectivity index (χ1v) is 4.03.